The lowest BCUT2D eigenvalue weighted by molar-refractivity contribution is 0.00254. The summed E-state index contributed by atoms with van der Waals surface area (Å²) in [5.41, 5.74) is 2.51. The van der Waals surface area contributed by atoms with E-state index in [1.807, 2.05) is 12.1 Å². The smallest absolute Gasteiger partial charge is 0.117 e. The fourth-order valence-electron chi connectivity index (χ4n) is 4.50. The van der Waals surface area contributed by atoms with Crippen LogP contribution < -0.4 is 5.32 Å². The van der Waals surface area contributed by atoms with E-state index in [9.17, 15) is 5.11 Å². The monoisotopic (exact) mass is 312 g/mol. The molecule has 0 unspecified atom stereocenters. The van der Waals surface area contributed by atoms with Gasteiger partial charge in [-0.3, -0.25) is 4.90 Å². The summed E-state index contributed by atoms with van der Waals surface area (Å²) in [5.74, 6) is 0.934. The van der Waals surface area contributed by atoms with Gasteiger partial charge in [-0.1, -0.05) is 24.3 Å². The molecule has 1 saturated heterocycles. The summed E-state index contributed by atoms with van der Waals surface area (Å²) >= 11 is 0. The molecule has 0 saturated carbocycles. The molecule has 122 valence electrons. The lowest BCUT2D eigenvalue weighted by atomic mass is 9.72. The first-order valence-corrected chi connectivity index (χ1v) is 8.43. The van der Waals surface area contributed by atoms with E-state index < -0.39 is 0 Å². The average Bonchev–Trinajstić information content (AvgIpc) is 3.16. The van der Waals surface area contributed by atoms with Gasteiger partial charge in [0.05, 0.1) is 25.0 Å². The first kappa shape index (κ1) is 14.9. The van der Waals surface area contributed by atoms with Crippen molar-refractivity contribution in [1.82, 2.24) is 10.2 Å². The van der Waals surface area contributed by atoms with Crippen LogP contribution in [0.4, 0.5) is 0 Å². The molecular formula is C19H24N2O2. The Morgan fingerprint density at radius 3 is 2.74 bits per heavy atom. The second-order valence-corrected chi connectivity index (χ2v) is 6.88. The summed E-state index contributed by atoms with van der Waals surface area (Å²) < 4.78 is 5.49. The topological polar surface area (TPSA) is 48.6 Å². The molecule has 1 aromatic heterocycles. The maximum atomic E-state index is 11.3. The lowest BCUT2D eigenvalue weighted by Gasteiger charge is -2.40. The van der Waals surface area contributed by atoms with Crippen LogP contribution in [0.1, 0.15) is 35.8 Å². The number of hydrogen-bond donors (Lipinski definition) is 2. The number of aliphatic hydroxyl groups is 1. The molecule has 1 aliphatic carbocycles. The van der Waals surface area contributed by atoms with Gasteiger partial charge in [0.25, 0.3) is 0 Å². The van der Waals surface area contributed by atoms with E-state index in [-0.39, 0.29) is 17.6 Å². The van der Waals surface area contributed by atoms with Crippen molar-refractivity contribution >= 4 is 0 Å². The van der Waals surface area contributed by atoms with Crippen molar-refractivity contribution in [2.45, 2.75) is 36.9 Å². The van der Waals surface area contributed by atoms with Gasteiger partial charge in [0.15, 0.2) is 0 Å². The number of piperidine rings is 1. The number of rotatable bonds is 3. The SMILES string of the molecule is CN(Cc1ccco1)[C@@H]1c2ccccc2C2(CCNCC2)[C@H]1O. The van der Waals surface area contributed by atoms with E-state index in [1.165, 1.54) is 11.1 Å². The van der Waals surface area contributed by atoms with Crippen LogP contribution in [0.15, 0.2) is 47.1 Å². The van der Waals surface area contributed by atoms with Gasteiger partial charge < -0.3 is 14.8 Å². The zero-order chi connectivity index (χ0) is 15.9. The number of benzene rings is 1. The number of nitrogens with zero attached hydrogens (tertiary/aromatic N) is 1. The van der Waals surface area contributed by atoms with Crippen molar-refractivity contribution in [3.63, 3.8) is 0 Å². The Bertz CT molecular complexity index is 662. The standard InChI is InChI=1S/C19H24N2O2/c1-21(13-14-5-4-12-23-14)17-15-6-2-3-7-16(15)19(18(17)22)8-10-20-11-9-19/h2-7,12,17-18,20,22H,8-11,13H2,1H3/t17-,18+/m1/s1. The van der Waals surface area contributed by atoms with Gasteiger partial charge in [0.1, 0.15) is 5.76 Å². The van der Waals surface area contributed by atoms with E-state index >= 15 is 0 Å². The maximum absolute atomic E-state index is 11.3. The minimum Gasteiger partial charge on any atom is -0.468 e. The van der Waals surface area contributed by atoms with Crippen LogP contribution in [0.2, 0.25) is 0 Å². The highest BCUT2D eigenvalue weighted by molar-refractivity contribution is 5.45. The number of aliphatic hydroxyl groups excluding tert-OH is 1. The third-order valence-electron chi connectivity index (χ3n) is 5.64. The predicted octanol–water partition coefficient (Wildman–Crippen LogP) is 2.45. The second kappa shape index (κ2) is 5.78. The van der Waals surface area contributed by atoms with Crippen molar-refractivity contribution in [3.05, 3.63) is 59.5 Å². The summed E-state index contributed by atoms with van der Waals surface area (Å²) in [6.45, 7) is 2.65. The third kappa shape index (κ3) is 2.33. The van der Waals surface area contributed by atoms with Crippen LogP contribution in [0.5, 0.6) is 0 Å². The van der Waals surface area contributed by atoms with Gasteiger partial charge in [-0.2, -0.15) is 0 Å². The summed E-state index contributed by atoms with van der Waals surface area (Å²) in [4.78, 5) is 2.22. The van der Waals surface area contributed by atoms with Crippen molar-refractivity contribution in [3.8, 4) is 0 Å². The van der Waals surface area contributed by atoms with Crippen molar-refractivity contribution in [2.75, 3.05) is 20.1 Å². The summed E-state index contributed by atoms with van der Waals surface area (Å²) in [6, 6.07) is 12.5. The molecule has 23 heavy (non-hydrogen) atoms. The number of likely N-dealkylation sites (N-methyl/N-ethyl adjacent to an activating group) is 1. The maximum Gasteiger partial charge on any atom is 0.117 e. The van der Waals surface area contributed by atoms with E-state index in [2.05, 4.69) is 41.5 Å². The molecule has 1 aliphatic heterocycles. The highest BCUT2D eigenvalue weighted by Crippen LogP contribution is 2.51. The molecule has 1 spiro atoms. The van der Waals surface area contributed by atoms with Crippen molar-refractivity contribution in [1.29, 1.82) is 0 Å². The molecule has 0 amide bonds. The Morgan fingerprint density at radius 2 is 2.00 bits per heavy atom. The largest absolute Gasteiger partial charge is 0.468 e. The summed E-state index contributed by atoms with van der Waals surface area (Å²) in [5, 5.41) is 14.7. The fraction of sp³-hybridized carbons (Fsp3) is 0.474. The minimum absolute atomic E-state index is 0.0226. The highest BCUT2D eigenvalue weighted by atomic mass is 16.3. The third-order valence-corrected chi connectivity index (χ3v) is 5.64. The van der Waals surface area contributed by atoms with Gasteiger partial charge in [0.2, 0.25) is 0 Å². The van der Waals surface area contributed by atoms with Gasteiger partial charge >= 0.3 is 0 Å². The molecule has 2 aliphatic rings. The first-order valence-electron chi connectivity index (χ1n) is 8.43. The molecule has 4 nitrogen and oxygen atoms in total. The van der Waals surface area contributed by atoms with Gasteiger partial charge in [-0.25, -0.2) is 0 Å². The fourth-order valence-corrected chi connectivity index (χ4v) is 4.50. The Kier molecular flexibility index (Phi) is 3.76. The quantitative estimate of drug-likeness (QED) is 0.914. The molecule has 4 rings (SSSR count). The molecular weight excluding hydrogens is 288 g/mol. The summed E-state index contributed by atoms with van der Waals surface area (Å²) in [6.07, 6.45) is 3.32. The lowest BCUT2D eigenvalue weighted by Crippen LogP contribution is -2.48. The molecule has 2 atom stereocenters. The molecule has 0 bridgehead atoms. The second-order valence-electron chi connectivity index (χ2n) is 6.88. The van der Waals surface area contributed by atoms with Gasteiger partial charge in [-0.05, 0) is 56.2 Å². The Morgan fingerprint density at radius 1 is 1.22 bits per heavy atom. The van der Waals surface area contributed by atoms with Gasteiger partial charge in [-0.15, -0.1) is 0 Å². The van der Waals surface area contributed by atoms with Crippen LogP contribution in [-0.4, -0.2) is 36.2 Å². The first-order chi connectivity index (χ1) is 11.2. The van der Waals surface area contributed by atoms with Crippen LogP contribution in [0.3, 0.4) is 0 Å². The highest BCUT2D eigenvalue weighted by Gasteiger charge is 2.52. The Balaban J connectivity index is 1.70. The normalized spacial score (nSPS) is 25.9. The number of nitrogens with one attached hydrogen (secondary N) is 1. The van der Waals surface area contributed by atoms with E-state index in [0.29, 0.717) is 6.54 Å². The van der Waals surface area contributed by atoms with Crippen molar-refractivity contribution < 1.29 is 9.52 Å². The molecule has 2 N–H and O–H groups in total. The van der Waals surface area contributed by atoms with Gasteiger partial charge in [0, 0.05) is 5.41 Å². The van der Waals surface area contributed by atoms with Crippen LogP contribution >= 0.6 is 0 Å². The predicted molar refractivity (Wildman–Crippen MR) is 89.1 cm³/mol. The molecule has 4 heteroatoms. The number of furan rings is 1. The molecule has 2 heterocycles. The Hall–Kier alpha value is -1.62. The van der Waals surface area contributed by atoms with Crippen LogP contribution in [-0.2, 0) is 12.0 Å². The molecule has 2 aromatic rings. The van der Waals surface area contributed by atoms with Crippen LogP contribution in [0, 0.1) is 0 Å². The van der Waals surface area contributed by atoms with E-state index in [0.717, 1.165) is 31.7 Å². The molecule has 1 fully saturated rings. The van der Waals surface area contributed by atoms with Crippen molar-refractivity contribution in [2.24, 2.45) is 0 Å². The average molecular weight is 312 g/mol. The minimum atomic E-state index is -0.373. The number of hydrogen-bond acceptors (Lipinski definition) is 4. The zero-order valence-corrected chi connectivity index (χ0v) is 13.5. The number of fused-ring (bicyclic) bond motifs is 2. The van der Waals surface area contributed by atoms with E-state index in [1.54, 1.807) is 6.26 Å². The molecule has 1 aromatic carbocycles. The Labute approximate surface area is 137 Å². The summed E-state index contributed by atoms with van der Waals surface area (Å²) in [7, 11) is 2.08. The van der Waals surface area contributed by atoms with Crippen LogP contribution in [0.25, 0.3) is 0 Å². The van der Waals surface area contributed by atoms with E-state index in [4.69, 9.17) is 4.42 Å². The zero-order valence-electron chi connectivity index (χ0n) is 13.5. The molecule has 0 radical (unpaired) electrons.